The molecule has 1 aromatic carbocycles. The van der Waals surface area contributed by atoms with Crippen LogP contribution in [-0.4, -0.2) is 10.9 Å². The van der Waals surface area contributed by atoms with E-state index < -0.39 is 0 Å². The number of rotatable bonds is 3. The maximum absolute atomic E-state index is 11.1. The van der Waals surface area contributed by atoms with Gasteiger partial charge in [0, 0.05) is 10.5 Å². The number of aliphatic hydroxyl groups is 1. The lowest BCUT2D eigenvalue weighted by Gasteiger charge is -1.98. The van der Waals surface area contributed by atoms with E-state index >= 15 is 0 Å². The summed E-state index contributed by atoms with van der Waals surface area (Å²) in [5.41, 5.74) is 0.655. The normalized spacial score (nSPS) is 12.7. The lowest BCUT2D eigenvalue weighted by molar-refractivity contribution is -0.113. The van der Waals surface area contributed by atoms with Gasteiger partial charge in [-0.25, -0.2) is 0 Å². The molecule has 0 aliphatic rings. The minimum Gasteiger partial charge on any atom is -0.510 e. The summed E-state index contributed by atoms with van der Waals surface area (Å²) in [5.74, 6) is -0.433. The zero-order valence-corrected chi connectivity index (χ0v) is 11.1. The van der Waals surface area contributed by atoms with Crippen LogP contribution in [0.4, 0.5) is 5.69 Å². The van der Waals surface area contributed by atoms with Crippen LogP contribution in [0.15, 0.2) is 46.0 Å². The van der Waals surface area contributed by atoms with Gasteiger partial charge >= 0.3 is 0 Å². The molecule has 1 N–H and O–H groups in total. The van der Waals surface area contributed by atoms with E-state index in [9.17, 15) is 9.90 Å². The molecule has 0 unspecified atom stereocenters. The summed E-state index contributed by atoms with van der Waals surface area (Å²) < 4.78 is 0.933. The van der Waals surface area contributed by atoms with Gasteiger partial charge in [0.25, 0.3) is 0 Å². The standard InChI is InChI=1S/C11H11IN2O2/c1-7(15)11(8(2)16)14-13-10-6-4-3-5-9(10)12/h3-6,15H,1-2H3. The number of carbonyl (C=O) groups is 1. The molecule has 0 saturated carbocycles. The van der Waals surface area contributed by atoms with Gasteiger partial charge in [0.05, 0.1) is 5.69 Å². The smallest absolute Gasteiger partial charge is 0.183 e. The van der Waals surface area contributed by atoms with Crippen molar-refractivity contribution in [2.45, 2.75) is 13.8 Å². The summed E-state index contributed by atoms with van der Waals surface area (Å²) in [6.07, 6.45) is 0. The first kappa shape index (κ1) is 12.8. The number of hydrogen-bond acceptors (Lipinski definition) is 4. The molecule has 0 aliphatic heterocycles. The van der Waals surface area contributed by atoms with Gasteiger partial charge in [0.1, 0.15) is 5.76 Å². The van der Waals surface area contributed by atoms with Crippen molar-refractivity contribution < 1.29 is 9.90 Å². The van der Waals surface area contributed by atoms with E-state index in [4.69, 9.17) is 0 Å². The van der Waals surface area contributed by atoms with E-state index in [1.54, 1.807) is 6.07 Å². The molecule has 4 nitrogen and oxygen atoms in total. The third-order valence-electron chi connectivity index (χ3n) is 1.79. The maximum Gasteiger partial charge on any atom is 0.183 e. The first-order valence-electron chi connectivity index (χ1n) is 4.59. The molecule has 0 atom stereocenters. The second kappa shape index (κ2) is 5.74. The van der Waals surface area contributed by atoms with Gasteiger partial charge in [-0.3, -0.25) is 4.79 Å². The molecule has 84 valence electrons. The summed E-state index contributed by atoms with van der Waals surface area (Å²) in [5, 5.41) is 16.9. The van der Waals surface area contributed by atoms with Crippen LogP contribution in [0, 0.1) is 3.57 Å². The van der Waals surface area contributed by atoms with Gasteiger partial charge in [-0.2, -0.15) is 0 Å². The quantitative estimate of drug-likeness (QED) is 0.397. The Morgan fingerprint density at radius 3 is 2.44 bits per heavy atom. The van der Waals surface area contributed by atoms with Gasteiger partial charge in [0.2, 0.25) is 0 Å². The molecule has 0 saturated heterocycles. The number of aliphatic hydroxyl groups excluding tert-OH is 1. The predicted octanol–water partition coefficient (Wildman–Crippen LogP) is 3.75. The number of azo groups is 1. The molecule has 0 aromatic heterocycles. The third-order valence-corrected chi connectivity index (χ3v) is 2.70. The van der Waals surface area contributed by atoms with Crippen molar-refractivity contribution >= 4 is 34.1 Å². The second-order valence-corrected chi connectivity index (χ2v) is 4.30. The number of hydrogen-bond donors (Lipinski definition) is 1. The van der Waals surface area contributed by atoms with Gasteiger partial charge in [-0.1, -0.05) is 12.1 Å². The fourth-order valence-electron chi connectivity index (χ4n) is 1.03. The second-order valence-electron chi connectivity index (χ2n) is 3.14. The Kier molecular flexibility index (Phi) is 4.60. The van der Waals surface area contributed by atoms with Gasteiger partial charge in [-0.15, -0.1) is 10.2 Å². The Bertz CT molecular complexity index is 463. The average molecular weight is 330 g/mol. The summed E-state index contributed by atoms with van der Waals surface area (Å²) in [6.45, 7) is 2.75. The highest BCUT2D eigenvalue weighted by atomic mass is 127. The van der Waals surface area contributed by atoms with Gasteiger partial charge in [-0.05, 0) is 41.6 Å². The molecular weight excluding hydrogens is 319 g/mol. The van der Waals surface area contributed by atoms with Crippen LogP contribution in [0.2, 0.25) is 0 Å². The number of halogens is 1. The highest BCUT2D eigenvalue weighted by molar-refractivity contribution is 14.1. The number of Topliss-reactive ketones (excluding diaryl/α,β-unsaturated/α-hetero) is 1. The summed E-state index contributed by atoms with van der Waals surface area (Å²) in [4.78, 5) is 11.1. The van der Waals surface area contributed by atoms with E-state index in [0.29, 0.717) is 5.69 Å². The Balaban J connectivity index is 3.02. The molecule has 0 radical (unpaired) electrons. The molecule has 16 heavy (non-hydrogen) atoms. The Morgan fingerprint density at radius 1 is 1.31 bits per heavy atom. The third kappa shape index (κ3) is 3.41. The molecule has 1 aromatic rings. The zero-order valence-electron chi connectivity index (χ0n) is 8.94. The Hall–Kier alpha value is -1.24. The monoisotopic (exact) mass is 330 g/mol. The SMILES string of the molecule is CC(=O)C(N=Nc1ccccc1I)=C(C)O. The molecule has 0 aliphatic carbocycles. The van der Waals surface area contributed by atoms with Crippen molar-refractivity contribution in [1.29, 1.82) is 0 Å². The molecule has 1 rings (SSSR count). The van der Waals surface area contributed by atoms with Crippen LogP contribution >= 0.6 is 22.6 Å². The Labute approximate surface area is 107 Å². The van der Waals surface area contributed by atoms with Crippen LogP contribution in [0.25, 0.3) is 0 Å². The lowest BCUT2D eigenvalue weighted by Crippen LogP contribution is -1.96. The molecule has 0 fully saturated rings. The van der Waals surface area contributed by atoms with E-state index in [2.05, 4.69) is 32.8 Å². The fourth-order valence-corrected chi connectivity index (χ4v) is 1.53. The molecule has 0 spiro atoms. The van der Waals surface area contributed by atoms with E-state index in [1.807, 2.05) is 18.2 Å². The molecule has 5 heteroatoms. The van der Waals surface area contributed by atoms with Crippen LogP contribution in [-0.2, 0) is 4.79 Å². The van der Waals surface area contributed by atoms with Crippen molar-refractivity contribution in [3.05, 3.63) is 39.3 Å². The number of allylic oxidation sites excluding steroid dienone is 2. The van der Waals surface area contributed by atoms with Crippen LogP contribution in [0.1, 0.15) is 13.8 Å². The minimum atomic E-state index is -0.310. The van der Waals surface area contributed by atoms with Crippen LogP contribution < -0.4 is 0 Å². The number of ketones is 1. The van der Waals surface area contributed by atoms with Crippen molar-refractivity contribution in [3.8, 4) is 0 Å². The first-order valence-corrected chi connectivity index (χ1v) is 5.67. The van der Waals surface area contributed by atoms with Gasteiger partial charge in [0.15, 0.2) is 11.5 Å². The summed E-state index contributed by atoms with van der Waals surface area (Å²) >= 11 is 2.12. The summed E-state index contributed by atoms with van der Waals surface area (Å²) in [6, 6.07) is 7.40. The van der Waals surface area contributed by atoms with Gasteiger partial charge < -0.3 is 5.11 Å². The average Bonchev–Trinajstić information content (AvgIpc) is 2.20. The highest BCUT2D eigenvalue weighted by Crippen LogP contribution is 2.21. The maximum atomic E-state index is 11.1. The number of nitrogens with zero attached hydrogens (tertiary/aromatic N) is 2. The van der Waals surface area contributed by atoms with E-state index in [1.165, 1.54) is 13.8 Å². The highest BCUT2D eigenvalue weighted by Gasteiger charge is 2.06. The fraction of sp³-hybridized carbons (Fsp3) is 0.182. The number of benzene rings is 1. The summed E-state index contributed by atoms with van der Waals surface area (Å²) in [7, 11) is 0. The van der Waals surface area contributed by atoms with E-state index in [-0.39, 0.29) is 17.2 Å². The molecule has 0 amide bonds. The van der Waals surface area contributed by atoms with Crippen LogP contribution in [0.3, 0.4) is 0 Å². The first-order chi connectivity index (χ1) is 7.52. The zero-order chi connectivity index (χ0) is 12.1. The molecule has 0 bridgehead atoms. The minimum absolute atomic E-state index is 0.0142. The lowest BCUT2D eigenvalue weighted by atomic mass is 10.3. The topological polar surface area (TPSA) is 62.0 Å². The largest absolute Gasteiger partial charge is 0.510 e. The Morgan fingerprint density at radius 2 is 1.94 bits per heavy atom. The molecular formula is C11H11IN2O2. The van der Waals surface area contributed by atoms with Crippen molar-refractivity contribution in [2.24, 2.45) is 10.2 Å². The van der Waals surface area contributed by atoms with Crippen molar-refractivity contribution in [2.75, 3.05) is 0 Å². The number of carbonyl (C=O) groups excluding carboxylic acids is 1. The van der Waals surface area contributed by atoms with E-state index in [0.717, 1.165) is 3.57 Å². The van der Waals surface area contributed by atoms with Crippen molar-refractivity contribution in [3.63, 3.8) is 0 Å². The van der Waals surface area contributed by atoms with Crippen molar-refractivity contribution in [1.82, 2.24) is 0 Å². The molecule has 0 heterocycles. The predicted molar refractivity (Wildman–Crippen MR) is 69.7 cm³/mol. The van der Waals surface area contributed by atoms with Crippen LogP contribution in [0.5, 0.6) is 0 Å².